The topological polar surface area (TPSA) is 75.7 Å². The highest BCUT2D eigenvalue weighted by Gasteiger charge is 2.32. The van der Waals surface area contributed by atoms with Gasteiger partial charge in [-0.1, -0.05) is 17.7 Å². The van der Waals surface area contributed by atoms with Crippen molar-refractivity contribution in [3.63, 3.8) is 0 Å². The third-order valence-electron chi connectivity index (χ3n) is 5.04. The zero-order valence-corrected chi connectivity index (χ0v) is 18.1. The molecule has 0 spiro atoms. The van der Waals surface area contributed by atoms with E-state index in [4.69, 9.17) is 16.3 Å². The Morgan fingerprint density at radius 1 is 1.17 bits per heavy atom. The lowest BCUT2D eigenvalue weighted by Gasteiger charge is -2.30. The summed E-state index contributed by atoms with van der Waals surface area (Å²) in [4.78, 5) is 12.8. The third-order valence-corrected chi connectivity index (χ3v) is 7.36. The molecule has 1 heterocycles. The zero-order chi connectivity index (χ0) is 21.0. The van der Waals surface area contributed by atoms with Crippen LogP contribution in [-0.2, 0) is 14.8 Å². The van der Waals surface area contributed by atoms with Gasteiger partial charge >= 0.3 is 0 Å². The molecule has 0 unspecified atom stereocenters. The molecule has 1 aliphatic rings. The summed E-state index contributed by atoms with van der Waals surface area (Å²) in [5, 5.41) is 3.47. The fraction of sp³-hybridized carbons (Fsp3) is 0.381. The number of halogens is 1. The summed E-state index contributed by atoms with van der Waals surface area (Å²) in [6.45, 7) is 4.91. The van der Waals surface area contributed by atoms with E-state index >= 15 is 0 Å². The van der Waals surface area contributed by atoms with E-state index in [0.29, 0.717) is 49.0 Å². The van der Waals surface area contributed by atoms with E-state index < -0.39 is 10.0 Å². The van der Waals surface area contributed by atoms with Crippen molar-refractivity contribution in [3.05, 3.63) is 53.1 Å². The minimum Gasteiger partial charge on any atom is -0.494 e. The van der Waals surface area contributed by atoms with Gasteiger partial charge in [-0.3, -0.25) is 4.79 Å². The van der Waals surface area contributed by atoms with Crippen LogP contribution in [0.4, 0.5) is 5.69 Å². The van der Waals surface area contributed by atoms with Gasteiger partial charge in [0.2, 0.25) is 15.9 Å². The van der Waals surface area contributed by atoms with Gasteiger partial charge < -0.3 is 10.1 Å². The van der Waals surface area contributed by atoms with Crippen molar-refractivity contribution < 1.29 is 17.9 Å². The van der Waals surface area contributed by atoms with Gasteiger partial charge in [0.1, 0.15) is 5.75 Å². The Labute approximate surface area is 176 Å². The second kappa shape index (κ2) is 9.15. The maximum atomic E-state index is 12.9. The number of nitrogens with one attached hydrogen (secondary N) is 1. The highest BCUT2D eigenvalue weighted by molar-refractivity contribution is 7.89. The Hall–Kier alpha value is -2.09. The van der Waals surface area contributed by atoms with Gasteiger partial charge in [0, 0.05) is 29.7 Å². The van der Waals surface area contributed by atoms with Gasteiger partial charge in [-0.25, -0.2) is 8.42 Å². The number of sulfonamides is 1. The number of hydrogen-bond donors (Lipinski definition) is 1. The van der Waals surface area contributed by atoms with E-state index in [1.54, 1.807) is 30.3 Å². The smallest absolute Gasteiger partial charge is 0.243 e. The van der Waals surface area contributed by atoms with Crippen molar-refractivity contribution in [2.45, 2.75) is 31.6 Å². The molecule has 0 radical (unpaired) electrons. The molecule has 0 atom stereocenters. The number of carbonyl (C=O) groups excluding carboxylic acids is 1. The quantitative estimate of drug-likeness (QED) is 0.740. The lowest BCUT2D eigenvalue weighted by atomic mass is 9.97. The Morgan fingerprint density at radius 3 is 2.41 bits per heavy atom. The molecule has 0 bridgehead atoms. The molecule has 0 saturated carbocycles. The van der Waals surface area contributed by atoms with E-state index in [-0.39, 0.29) is 16.7 Å². The average Bonchev–Trinajstić information content (AvgIpc) is 2.71. The minimum atomic E-state index is -3.58. The zero-order valence-electron chi connectivity index (χ0n) is 16.5. The molecule has 2 aromatic rings. The summed E-state index contributed by atoms with van der Waals surface area (Å²) in [6.07, 6.45) is 0.948. The Kier molecular flexibility index (Phi) is 6.82. The summed E-state index contributed by atoms with van der Waals surface area (Å²) in [5.74, 6) is 0.294. The molecule has 1 amide bonds. The summed E-state index contributed by atoms with van der Waals surface area (Å²) in [5.41, 5.74) is 1.59. The van der Waals surface area contributed by atoms with E-state index in [2.05, 4.69) is 5.32 Å². The Balaban J connectivity index is 1.60. The van der Waals surface area contributed by atoms with Gasteiger partial charge in [-0.2, -0.15) is 4.31 Å². The Bertz CT molecular complexity index is 969. The van der Waals surface area contributed by atoms with Crippen molar-refractivity contribution >= 4 is 33.2 Å². The number of rotatable bonds is 6. The summed E-state index contributed by atoms with van der Waals surface area (Å²) < 4.78 is 32.5. The van der Waals surface area contributed by atoms with Crippen LogP contribution in [0.1, 0.15) is 25.3 Å². The SMILES string of the molecule is CCOc1ccc(S(=O)(=O)N2CCC(C(=O)Nc3ccc(C)c(Cl)c3)CC2)cc1. The molecule has 3 rings (SSSR count). The molecule has 29 heavy (non-hydrogen) atoms. The average molecular weight is 437 g/mol. The van der Waals surface area contributed by atoms with Crippen molar-refractivity contribution in [1.29, 1.82) is 0 Å². The molecule has 8 heteroatoms. The first-order valence-electron chi connectivity index (χ1n) is 9.61. The number of piperidine rings is 1. The number of aryl methyl sites for hydroxylation is 1. The molecule has 0 aliphatic carbocycles. The van der Waals surface area contributed by atoms with Gasteiger partial charge in [0.25, 0.3) is 0 Å². The molecule has 156 valence electrons. The number of benzene rings is 2. The van der Waals surface area contributed by atoms with Crippen LogP contribution in [0.15, 0.2) is 47.4 Å². The maximum Gasteiger partial charge on any atom is 0.243 e. The van der Waals surface area contributed by atoms with Crippen molar-refractivity contribution in [3.8, 4) is 5.75 Å². The highest BCUT2D eigenvalue weighted by Crippen LogP contribution is 2.27. The van der Waals surface area contributed by atoms with Crippen molar-refractivity contribution in [2.75, 3.05) is 25.0 Å². The number of ether oxygens (including phenoxy) is 1. The number of hydrogen-bond acceptors (Lipinski definition) is 4. The van der Waals surface area contributed by atoms with Crippen LogP contribution in [0, 0.1) is 12.8 Å². The fourth-order valence-electron chi connectivity index (χ4n) is 3.30. The molecule has 6 nitrogen and oxygen atoms in total. The summed E-state index contributed by atoms with van der Waals surface area (Å²) in [7, 11) is -3.58. The van der Waals surface area contributed by atoms with Crippen LogP contribution in [0.3, 0.4) is 0 Å². The van der Waals surface area contributed by atoms with Crippen LogP contribution in [0.2, 0.25) is 5.02 Å². The van der Waals surface area contributed by atoms with Gasteiger partial charge in [-0.05, 0) is 68.7 Å². The summed E-state index contributed by atoms with van der Waals surface area (Å²) >= 11 is 6.11. The third kappa shape index (κ3) is 5.10. The molecule has 1 fully saturated rings. The lowest BCUT2D eigenvalue weighted by molar-refractivity contribution is -0.120. The normalized spacial score (nSPS) is 15.8. The first-order chi connectivity index (χ1) is 13.8. The maximum absolute atomic E-state index is 12.9. The van der Waals surface area contributed by atoms with Crippen LogP contribution >= 0.6 is 11.6 Å². The second-order valence-corrected chi connectivity index (χ2v) is 9.38. The molecule has 1 aliphatic heterocycles. The van der Waals surface area contributed by atoms with Crippen LogP contribution in [0.25, 0.3) is 0 Å². The predicted molar refractivity (Wildman–Crippen MR) is 114 cm³/mol. The molecule has 2 aromatic carbocycles. The van der Waals surface area contributed by atoms with Gasteiger partial charge in [0.05, 0.1) is 11.5 Å². The van der Waals surface area contributed by atoms with Crippen LogP contribution in [0.5, 0.6) is 5.75 Å². The van der Waals surface area contributed by atoms with E-state index in [0.717, 1.165) is 5.56 Å². The lowest BCUT2D eigenvalue weighted by Crippen LogP contribution is -2.41. The highest BCUT2D eigenvalue weighted by atomic mass is 35.5. The van der Waals surface area contributed by atoms with E-state index in [1.807, 2.05) is 26.0 Å². The molecular formula is C21H25ClN2O4S. The first kappa shape index (κ1) is 21.6. The number of nitrogens with zero attached hydrogens (tertiary/aromatic N) is 1. The van der Waals surface area contributed by atoms with E-state index in [1.165, 1.54) is 4.31 Å². The second-order valence-electron chi connectivity index (χ2n) is 7.04. The van der Waals surface area contributed by atoms with Crippen LogP contribution in [-0.4, -0.2) is 38.3 Å². The van der Waals surface area contributed by atoms with E-state index in [9.17, 15) is 13.2 Å². The summed E-state index contributed by atoms with van der Waals surface area (Å²) in [6, 6.07) is 11.8. The van der Waals surface area contributed by atoms with Gasteiger partial charge in [-0.15, -0.1) is 0 Å². The number of anilines is 1. The van der Waals surface area contributed by atoms with Crippen LogP contribution < -0.4 is 10.1 Å². The minimum absolute atomic E-state index is 0.108. The first-order valence-corrected chi connectivity index (χ1v) is 11.4. The number of amides is 1. The van der Waals surface area contributed by atoms with Gasteiger partial charge in [0.15, 0.2) is 0 Å². The standard InChI is InChI=1S/C21H25ClN2O4S/c1-3-28-18-6-8-19(9-7-18)29(26,27)24-12-10-16(11-13-24)21(25)23-17-5-4-15(2)20(22)14-17/h4-9,14,16H,3,10-13H2,1-2H3,(H,23,25). The fourth-order valence-corrected chi connectivity index (χ4v) is 4.95. The largest absolute Gasteiger partial charge is 0.494 e. The molecular weight excluding hydrogens is 412 g/mol. The Morgan fingerprint density at radius 2 is 1.83 bits per heavy atom. The predicted octanol–water partition coefficient (Wildman–Crippen LogP) is 4.09. The monoisotopic (exact) mass is 436 g/mol. The van der Waals surface area contributed by atoms with Crippen molar-refractivity contribution in [1.82, 2.24) is 4.31 Å². The molecule has 1 N–H and O–H groups in total. The molecule has 0 aromatic heterocycles. The molecule has 1 saturated heterocycles. The number of carbonyl (C=O) groups is 1. The van der Waals surface area contributed by atoms with Crippen molar-refractivity contribution in [2.24, 2.45) is 5.92 Å².